The molecule has 4 rings (SSSR count). The molecule has 0 bridgehead atoms. The second-order valence-corrected chi connectivity index (χ2v) is 10.3. The van der Waals surface area contributed by atoms with E-state index in [4.69, 9.17) is 4.74 Å². The number of aromatic amines is 1. The van der Waals surface area contributed by atoms with Crippen molar-refractivity contribution in [1.29, 1.82) is 0 Å². The summed E-state index contributed by atoms with van der Waals surface area (Å²) in [6.45, 7) is 3.11. The largest absolute Gasteiger partial charge is 0.450 e. The van der Waals surface area contributed by atoms with Gasteiger partial charge in [-0.15, -0.1) is 0 Å². The number of aryl methyl sites for hydroxylation is 1. The monoisotopic (exact) mass is 490 g/mol. The van der Waals surface area contributed by atoms with Gasteiger partial charge in [0, 0.05) is 22.9 Å². The van der Waals surface area contributed by atoms with Gasteiger partial charge < -0.3 is 9.72 Å². The van der Waals surface area contributed by atoms with Crippen LogP contribution >= 0.6 is 0 Å². The molecule has 34 heavy (non-hydrogen) atoms. The second-order valence-electron chi connectivity index (χ2n) is 8.26. The first kappa shape index (κ1) is 23.8. The van der Waals surface area contributed by atoms with Crippen LogP contribution in [0.5, 0.6) is 11.5 Å². The lowest BCUT2D eigenvalue weighted by Gasteiger charge is -2.26. The van der Waals surface area contributed by atoms with E-state index in [9.17, 15) is 22.0 Å². The number of benzene rings is 1. The highest BCUT2D eigenvalue weighted by molar-refractivity contribution is 7.92. The maximum atomic E-state index is 14.3. The van der Waals surface area contributed by atoms with Crippen molar-refractivity contribution >= 4 is 16.0 Å². The van der Waals surface area contributed by atoms with Crippen LogP contribution in [0.25, 0.3) is 11.3 Å². The van der Waals surface area contributed by atoms with E-state index in [2.05, 4.69) is 19.7 Å². The Morgan fingerprint density at radius 1 is 1.21 bits per heavy atom. The van der Waals surface area contributed by atoms with E-state index >= 15 is 0 Å². The van der Waals surface area contributed by atoms with E-state index < -0.39 is 21.7 Å². The molecule has 1 aliphatic carbocycles. The summed E-state index contributed by atoms with van der Waals surface area (Å²) >= 11 is 0. The van der Waals surface area contributed by atoms with Gasteiger partial charge in [0.1, 0.15) is 11.5 Å². The minimum absolute atomic E-state index is 0.0197. The van der Waals surface area contributed by atoms with Gasteiger partial charge in [-0.25, -0.2) is 27.2 Å². The maximum absolute atomic E-state index is 14.3. The maximum Gasteiger partial charge on any atom is 0.251 e. The van der Waals surface area contributed by atoms with Crippen molar-refractivity contribution < 1.29 is 21.9 Å². The van der Waals surface area contributed by atoms with Crippen LogP contribution in [0, 0.1) is 24.5 Å². The van der Waals surface area contributed by atoms with Crippen LogP contribution in [0.2, 0.25) is 0 Å². The molecule has 11 heteroatoms. The molecule has 1 aliphatic rings. The first-order chi connectivity index (χ1) is 16.1. The van der Waals surface area contributed by atoms with Gasteiger partial charge in [-0.1, -0.05) is 19.3 Å². The summed E-state index contributed by atoms with van der Waals surface area (Å²) < 4.78 is 59.8. The molecule has 2 heterocycles. The van der Waals surface area contributed by atoms with E-state index in [0.717, 1.165) is 31.4 Å². The van der Waals surface area contributed by atoms with Crippen molar-refractivity contribution in [3.63, 3.8) is 0 Å². The first-order valence-electron chi connectivity index (χ1n) is 10.9. The van der Waals surface area contributed by atoms with Crippen molar-refractivity contribution in [1.82, 2.24) is 15.0 Å². The van der Waals surface area contributed by atoms with Crippen LogP contribution < -0.4 is 15.0 Å². The number of hydrogen-bond donors (Lipinski definition) is 2. The number of H-pyrrole nitrogens is 1. The van der Waals surface area contributed by atoms with Gasteiger partial charge in [-0.3, -0.25) is 9.52 Å². The predicted octanol–water partition coefficient (Wildman–Crippen LogP) is 4.32. The lowest BCUT2D eigenvalue weighted by atomic mass is 9.81. The summed E-state index contributed by atoms with van der Waals surface area (Å²) in [5.41, 5.74) is 1.47. The first-order valence-corrected chi connectivity index (χ1v) is 12.5. The zero-order chi connectivity index (χ0) is 24.5. The van der Waals surface area contributed by atoms with E-state index in [1.165, 1.54) is 13.1 Å². The molecular formula is C23H24F2N4O4S. The fourth-order valence-corrected chi connectivity index (χ4v) is 4.13. The lowest BCUT2D eigenvalue weighted by molar-refractivity contribution is 0.312. The van der Waals surface area contributed by atoms with E-state index in [1.807, 2.05) is 0 Å². The van der Waals surface area contributed by atoms with Crippen LogP contribution in [-0.2, 0) is 16.4 Å². The van der Waals surface area contributed by atoms with Crippen molar-refractivity contribution in [3.05, 3.63) is 63.7 Å². The number of nitrogens with zero attached hydrogens (tertiary/aromatic N) is 2. The van der Waals surface area contributed by atoms with Crippen molar-refractivity contribution in [2.45, 2.75) is 39.5 Å². The average molecular weight is 491 g/mol. The lowest BCUT2D eigenvalue weighted by Crippen LogP contribution is -2.20. The van der Waals surface area contributed by atoms with Gasteiger partial charge in [0.2, 0.25) is 16.0 Å². The number of nitrogens with one attached hydrogen (secondary N) is 2. The number of aromatic nitrogens is 3. The van der Waals surface area contributed by atoms with Gasteiger partial charge in [0.15, 0.2) is 17.3 Å². The van der Waals surface area contributed by atoms with E-state index in [1.54, 1.807) is 13.0 Å². The Bertz CT molecular complexity index is 1390. The standard InChI is InChI=1S/C23H24F2N4O4S/c1-3-34(31,32)29-23-26-12-20(33-19-8-7-15(24)11-17(19)25)21(28-23)16-9-13(2)22(30)27-18(16)10-14-5-4-6-14/h7-9,11-12,14H,3-6,10H2,1-2H3,(H,27,30)(H,26,28,29). The number of hydrogen-bond acceptors (Lipinski definition) is 6. The summed E-state index contributed by atoms with van der Waals surface area (Å²) in [4.78, 5) is 23.6. The topological polar surface area (TPSA) is 114 Å². The third kappa shape index (κ3) is 5.24. The highest BCUT2D eigenvalue weighted by atomic mass is 32.2. The molecule has 2 aromatic heterocycles. The van der Waals surface area contributed by atoms with Gasteiger partial charge in [0.25, 0.3) is 5.56 Å². The predicted molar refractivity (Wildman–Crippen MR) is 123 cm³/mol. The Morgan fingerprint density at radius 3 is 2.62 bits per heavy atom. The molecule has 1 saturated carbocycles. The van der Waals surface area contributed by atoms with Crippen LogP contribution in [-0.4, -0.2) is 29.1 Å². The molecule has 0 radical (unpaired) electrons. The molecule has 0 aliphatic heterocycles. The summed E-state index contributed by atoms with van der Waals surface area (Å²) in [7, 11) is -3.67. The fraction of sp³-hybridized carbons (Fsp3) is 0.348. The van der Waals surface area contributed by atoms with Crippen LogP contribution in [0.15, 0.2) is 35.3 Å². The van der Waals surface area contributed by atoms with E-state index in [-0.39, 0.29) is 34.5 Å². The van der Waals surface area contributed by atoms with Crippen LogP contribution in [0.4, 0.5) is 14.7 Å². The minimum Gasteiger partial charge on any atom is -0.450 e. The smallest absolute Gasteiger partial charge is 0.251 e. The minimum atomic E-state index is -3.67. The zero-order valence-electron chi connectivity index (χ0n) is 18.7. The zero-order valence-corrected chi connectivity index (χ0v) is 19.5. The molecule has 0 unspecified atom stereocenters. The molecule has 3 aromatic rings. The van der Waals surface area contributed by atoms with Gasteiger partial charge in [0.05, 0.1) is 11.9 Å². The third-order valence-electron chi connectivity index (χ3n) is 5.78. The SMILES string of the molecule is CCS(=O)(=O)Nc1ncc(Oc2ccc(F)cc2F)c(-c2cc(C)c(=O)[nH]c2CC2CCC2)n1. The summed E-state index contributed by atoms with van der Waals surface area (Å²) in [6, 6.07) is 4.51. The molecule has 180 valence electrons. The summed E-state index contributed by atoms with van der Waals surface area (Å²) in [6.07, 6.45) is 4.99. The van der Waals surface area contributed by atoms with Crippen LogP contribution in [0.3, 0.4) is 0 Å². The van der Waals surface area contributed by atoms with Gasteiger partial charge in [-0.2, -0.15) is 0 Å². The molecule has 0 amide bonds. The number of pyridine rings is 1. The van der Waals surface area contributed by atoms with Crippen molar-refractivity contribution in [2.75, 3.05) is 10.5 Å². The highest BCUT2D eigenvalue weighted by Crippen LogP contribution is 2.37. The normalized spacial score (nSPS) is 14.0. The Kier molecular flexibility index (Phi) is 6.65. The molecule has 8 nitrogen and oxygen atoms in total. The number of rotatable bonds is 8. The summed E-state index contributed by atoms with van der Waals surface area (Å²) in [5.74, 6) is -1.90. The number of anilines is 1. The Labute approximate surface area is 195 Å². The van der Waals surface area contributed by atoms with Crippen molar-refractivity contribution in [3.8, 4) is 22.8 Å². The molecule has 0 atom stereocenters. The molecule has 1 fully saturated rings. The van der Waals surface area contributed by atoms with Gasteiger partial charge >= 0.3 is 0 Å². The highest BCUT2D eigenvalue weighted by Gasteiger charge is 2.24. The average Bonchev–Trinajstić information content (AvgIpc) is 2.75. The van der Waals surface area contributed by atoms with Crippen molar-refractivity contribution in [2.24, 2.45) is 5.92 Å². The molecule has 0 saturated heterocycles. The Balaban J connectivity index is 1.85. The van der Waals surface area contributed by atoms with Crippen LogP contribution in [0.1, 0.15) is 37.4 Å². The Hall–Kier alpha value is -3.34. The molecule has 0 spiro atoms. The molecule has 2 N–H and O–H groups in total. The third-order valence-corrected chi connectivity index (χ3v) is 7.03. The number of halogens is 2. The quantitative estimate of drug-likeness (QED) is 0.486. The summed E-state index contributed by atoms with van der Waals surface area (Å²) in [5, 5.41) is 0. The second kappa shape index (κ2) is 9.49. The number of sulfonamides is 1. The Morgan fingerprint density at radius 2 is 1.97 bits per heavy atom. The molecule has 1 aromatic carbocycles. The van der Waals surface area contributed by atoms with E-state index in [0.29, 0.717) is 35.2 Å². The number of ether oxygens (including phenoxy) is 1. The fourth-order valence-electron chi connectivity index (χ4n) is 3.61. The van der Waals surface area contributed by atoms with Gasteiger partial charge in [-0.05, 0) is 44.4 Å². The molecular weight excluding hydrogens is 466 g/mol.